The van der Waals surface area contributed by atoms with Crippen molar-refractivity contribution in [1.82, 2.24) is 14.5 Å². The van der Waals surface area contributed by atoms with Gasteiger partial charge in [-0.2, -0.15) is 0 Å². The summed E-state index contributed by atoms with van der Waals surface area (Å²) in [5.41, 5.74) is 0.769. The van der Waals surface area contributed by atoms with Crippen molar-refractivity contribution in [2.75, 3.05) is 0 Å². The molecule has 0 spiro atoms. The molecule has 0 atom stereocenters. The standard InChI is InChI=1S/C10H9N3O2/c1-13-5-4-12-9(13)7-2-3-11-8(6-7)10(14)15/h2-6H,1H3,(H,14,15). The third-order valence-corrected chi connectivity index (χ3v) is 2.06. The lowest BCUT2D eigenvalue weighted by molar-refractivity contribution is 0.0690. The lowest BCUT2D eigenvalue weighted by Gasteiger charge is -2.01. The molecule has 0 bridgehead atoms. The minimum atomic E-state index is -1.04. The van der Waals surface area contributed by atoms with E-state index in [1.165, 1.54) is 12.3 Å². The number of carbonyl (C=O) groups is 1. The monoisotopic (exact) mass is 203 g/mol. The molecule has 0 radical (unpaired) electrons. The second-order valence-corrected chi connectivity index (χ2v) is 3.10. The van der Waals surface area contributed by atoms with E-state index in [2.05, 4.69) is 9.97 Å². The third kappa shape index (κ3) is 1.71. The molecule has 2 heterocycles. The van der Waals surface area contributed by atoms with Gasteiger partial charge in [-0.25, -0.2) is 14.8 Å². The van der Waals surface area contributed by atoms with Gasteiger partial charge in [0.1, 0.15) is 11.5 Å². The Kier molecular flexibility index (Phi) is 2.21. The first kappa shape index (κ1) is 9.39. The summed E-state index contributed by atoms with van der Waals surface area (Å²) in [6, 6.07) is 3.24. The molecule has 0 saturated heterocycles. The van der Waals surface area contributed by atoms with Crippen LogP contribution in [0.3, 0.4) is 0 Å². The van der Waals surface area contributed by atoms with Gasteiger partial charge in [0.15, 0.2) is 0 Å². The Morgan fingerprint density at radius 3 is 2.80 bits per heavy atom. The number of rotatable bonds is 2. The molecule has 0 aliphatic rings. The summed E-state index contributed by atoms with van der Waals surface area (Å²) in [5, 5.41) is 8.79. The fraction of sp³-hybridized carbons (Fsp3) is 0.100. The zero-order chi connectivity index (χ0) is 10.8. The Hall–Kier alpha value is -2.17. The average Bonchev–Trinajstić information content (AvgIpc) is 2.64. The largest absolute Gasteiger partial charge is 0.477 e. The number of aryl methyl sites for hydroxylation is 1. The van der Waals surface area contributed by atoms with Crippen molar-refractivity contribution >= 4 is 5.97 Å². The maximum absolute atomic E-state index is 10.7. The fourth-order valence-electron chi connectivity index (χ4n) is 1.33. The van der Waals surface area contributed by atoms with Crippen molar-refractivity contribution in [2.45, 2.75) is 0 Å². The van der Waals surface area contributed by atoms with E-state index in [1.807, 2.05) is 11.6 Å². The molecule has 0 aliphatic carbocycles. The summed E-state index contributed by atoms with van der Waals surface area (Å²) in [4.78, 5) is 18.6. The number of imidazole rings is 1. The Morgan fingerprint density at radius 1 is 1.40 bits per heavy atom. The zero-order valence-electron chi connectivity index (χ0n) is 8.08. The second-order valence-electron chi connectivity index (χ2n) is 3.10. The molecule has 0 saturated carbocycles. The minimum absolute atomic E-state index is 0.0236. The number of hydrogen-bond donors (Lipinski definition) is 1. The Labute approximate surface area is 86.0 Å². The highest BCUT2D eigenvalue weighted by atomic mass is 16.4. The van der Waals surface area contributed by atoms with Crippen molar-refractivity contribution < 1.29 is 9.90 Å². The molecular formula is C10H9N3O2. The molecule has 0 aromatic carbocycles. The van der Waals surface area contributed by atoms with Gasteiger partial charge in [0.2, 0.25) is 0 Å². The molecule has 1 N–H and O–H groups in total. The van der Waals surface area contributed by atoms with Crippen molar-refractivity contribution in [3.63, 3.8) is 0 Å². The summed E-state index contributed by atoms with van der Waals surface area (Å²) in [6.07, 6.45) is 4.93. The number of aromatic nitrogens is 3. The van der Waals surface area contributed by atoms with Crippen LogP contribution in [0.1, 0.15) is 10.5 Å². The van der Waals surface area contributed by atoms with Crippen LogP contribution in [-0.4, -0.2) is 25.6 Å². The van der Waals surface area contributed by atoms with E-state index in [-0.39, 0.29) is 5.69 Å². The SMILES string of the molecule is Cn1ccnc1-c1ccnc(C(=O)O)c1. The van der Waals surface area contributed by atoms with E-state index in [0.717, 1.165) is 11.4 Å². The van der Waals surface area contributed by atoms with Crippen LogP contribution in [0.2, 0.25) is 0 Å². The van der Waals surface area contributed by atoms with Crippen LogP contribution < -0.4 is 0 Å². The van der Waals surface area contributed by atoms with Gasteiger partial charge in [0.05, 0.1) is 0 Å². The molecule has 2 aromatic rings. The van der Waals surface area contributed by atoms with E-state index in [9.17, 15) is 4.79 Å². The van der Waals surface area contributed by atoms with E-state index >= 15 is 0 Å². The van der Waals surface area contributed by atoms with Crippen LogP contribution >= 0.6 is 0 Å². The molecule has 2 aromatic heterocycles. The summed E-state index contributed by atoms with van der Waals surface area (Å²) in [6.45, 7) is 0. The first-order valence-electron chi connectivity index (χ1n) is 4.35. The van der Waals surface area contributed by atoms with Gasteiger partial charge in [-0.1, -0.05) is 0 Å². The van der Waals surface area contributed by atoms with Gasteiger partial charge in [0, 0.05) is 31.2 Å². The quantitative estimate of drug-likeness (QED) is 0.795. The molecule has 5 nitrogen and oxygen atoms in total. The molecule has 0 aliphatic heterocycles. The van der Waals surface area contributed by atoms with Crippen LogP contribution in [0.5, 0.6) is 0 Å². The third-order valence-electron chi connectivity index (χ3n) is 2.06. The highest BCUT2D eigenvalue weighted by Crippen LogP contribution is 2.16. The highest BCUT2D eigenvalue weighted by molar-refractivity contribution is 5.86. The van der Waals surface area contributed by atoms with Crippen LogP contribution in [0.4, 0.5) is 0 Å². The van der Waals surface area contributed by atoms with Crippen LogP contribution in [-0.2, 0) is 7.05 Å². The van der Waals surface area contributed by atoms with E-state index in [1.54, 1.807) is 18.5 Å². The average molecular weight is 203 g/mol. The van der Waals surface area contributed by atoms with E-state index in [4.69, 9.17) is 5.11 Å². The smallest absolute Gasteiger partial charge is 0.354 e. The van der Waals surface area contributed by atoms with Gasteiger partial charge >= 0.3 is 5.97 Å². The van der Waals surface area contributed by atoms with Gasteiger partial charge < -0.3 is 9.67 Å². The van der Waals surface area contributed by atoms with Gasteiger partial charge in [-0.3, -0.25) is 0 Å². The fourth-order valence-corrected chi connectivity index (χ4v) is 1.33. The summed E-state index contributed by atoms with van der Waals surface area (Å²) in [5.74, 6) is -0.314. The first-order valence-corrected chi connectivity index (χ1v) is 4.35. The number of pyridine rings is 1. The maximum atomic E-state index is 10.7. The summed E-state index contributed by atoms with van der Waals surface area (Å²) < 4.78 is 1.82. The number of carboxylic acid groups (broad SMARTS) is 1. The van der Waals surface area contributed by atoms with Gasteiger partial charge in [-0.15, -0.1) is 0 Å². The molecule has 0 unspecified atom stereocenters. The molecule has 76 valence electrons. The number of hydrogen-bond acceptors (Lipinski definition) is 3. The van der Waals surface area contributed by atoms with Crippen LogP contribution in [0, 0.1) is 0 Å². The number of carboxylic acids is 1. The van der Waals surface area contributed by atoms with Crippen molar-refractivity contribution in [3.05, 3.63) is 36.4 Å². The Morgan fingerprint density at radius 2 is 2.20 bits per heavy atom. The summed E-state index contributed by atoms with van der Waals surface area (Å²) >= 11 is 0. The van der Waals surface area contributed by atoms with E-state index < -0.39 is 5.97 Å². The number of aromatic carboxylic acids is 1. The lowest BCUT2D eigenvalue weighted by atomic mass is 10.2. The zero-order valence-corrected chi connectivity index (χ0v) is 8.08. The minimum Gasteiger partial charge on any atom is -0.477 e. The molecule has 0 amide bonds. The van der Waals surface area contributed by atoms with Crippen LogP contribution in [0.15, 0.2) is 30.7 Å². The molecule has 5 heteroatoms. The van der Waals surface area contributed by atoms with Crippen LogP contribution in [0.25, 0.3) is 11.4 Å². The van der Waals surface area contributed by atoms with Gasteiger partial charge in [-0.05, 0) is 12.1 Å². The second kappa shape index (κ2) is 3.53. The maximum Gasteiger partial charge on any atom is 0.354 e. The van der Waals surface area contributed by atoms with E-state index in [0.29, 0.717) is 0 Å². The van der Waals surface area contributed by atoms with Crippen molar-refractivity contribution in [1.29, 1.82) is 0 Å². The Balaban J connectivity index is 2.50. The normalized spacial score (nSPS) is 10.2. The lowest BCUT2D eigenvalue weighted by Crippen LogP contribution is -2.00. The summed E-state index contributed by atoms with van der Waals surface area (Å²) in [7, 11) is 1.85. The van der Waals surface area contributed by atoms with Crippen molar-refractivity contribution in [3.8, 4) is 11.4 Å². The topological polar surface area (TPSA) is 68.0 Å². The Bertz CT molecular complexity index is 505. The molecular weight excluding hydrogens is 194 g/mol. The van der Waals surface area contributed by atoms with Gasteiger partial charge in [0.25, 0.3) is 0 Å². The van der Waals surface area contributed by atoms with Crippen molar-refractivity contribution in [2.24, 2.45) is 7.05 Å². The molecule has 2 rings (SSSR count). The first-order chi connectivity index (χ1) is 7.18. The predicted octanol–water partition coefficient (Wildman–Crippen LogP) is 1.18. The number of nitrogens with zero attached hydrogens (tertiary/aromatic N) is 3. The molecule has 0 fully saturated rings. The molecule has 15 heavy (non-hydrogen) atoms. The highest BCUT2D eigenvalue weighted by Gasteiger charge is 2.08. The predicted molar refractivity (Wildman–Crippen MR) is 53.4 cm³/mol.